The standard InChI is InChI=1S/C16H16N6O/c1-22(11-14-17-7-8-18-14)15(23)12-9-19-16(20-10-12)21-13-5-3-2-4-6-13/h2-10H,11H2,1H3,(H,17,18)(H,19,20,21). The molecule has 1 amide bonds. The molecule has 0 unspecified atom stereocenters. The number of rotatable bonds is 5. The molecule has 23 heavy (non-hydrogen) atoms. The van der Waals surface area contributed by atoms with Crippen molar-refractivity contribution in [3.63, 3.8) is 0 Å². The number of benzene rings is 1. The molecule has 0 radical (unpaired) electrons. The van der Waals surface area contributed by atoms with Crippen molar-refractivity contribution in [2.45, 2.75) is 6.54 Å². The fraction of sp³-hybridized carbons (Fsp3) is 0.125. The molecule has 0 aliphatic carbocycles. The average molecular weight is 308 g/mol. The first-order valence-electron chi connectivity index (χ1n) is 7.10. The van der Waals surface area contributed by atoms with E-state index in [1.54, 1.807) is 24.3 Å². The Morgan fingerprint density at radius 3 is 2.57 bits per heavy atom. The van der Waals surface area contributed by atoms with Gasteiger partial charge >= 0.3 is 0 Å². The van der Waals surface area contributed by atoms with Crippen molar-refractivity contribution >= 4 is 17.5 Å². The van der Waals surface area contributed by atoms with E-state index in [9.17, 15) is 4.79 Å². The third-order valence-corrected chi connectivity index (χ3v) is 3.22. The quantitative estimate of drug-likeness (QED) is 0.754. The van der Waals surface area contributed by atoms with E-state index in [1.807, 2.05) is 30.3 Å². The molecule has 7 heteroatoms. The monoisotopic (exact) mass is 308 g/mol. The van der Waals surface area contributed by atoms with Crippen LogP contribution in [0.1, 0.15) is 16.2 Å². The van der Waals surface area contributed by atoms with Crippen LogP contribution >= 0.6 is 0 Å². The first-order chi connectivity index (χ1) is 11.2. The third-order valence-electron chi connectivity index (χ3n) is 3.22. The molecule has 0 saturated carbocycles. The molecule has 116 valence electrons. The number of hydrogen-bond donors (Lipinski definition) is 2. The van der Waals surface area contributed by atoms with Crippen molar-refractivity contribution in [1.82, 2.24) is 24.8 Å². The Kier molecular flexibility index (Phi) is 4.28. The second kappa shape index (κ2) is 6.69. The molecule has 0 aliphatic heterocycles. The van der Waals surface area contributed by atoms with Gasteiger partial charge in [-0.3, -0.25) is 4.79 Å². The third kappa shape index (κ3) is 3.70. The number of anilines is 2. The first kappa shape index (κ1) is 14.7. The molecule has 2 N–H and O–H groups in total. The summed E-state index contributed by atoms with van der Waals surface area (Å²) in [6.45, 7) is 0.399. The molecule has 0 saturated heterocycles. The highest BCUT2D eigenvalue weighted by Crippen LogP contribution is 2.12. The minimum absolute atomic E-state index is 0.160. The highest BCUT2D eigenvalue weighted by atomic mass is 16.2. The molecule has 0 fully saturated rings. The minimum Gasteiger partial charge on any atom is -0.347 e. The van der Waals surface area contributed by atoms with Gasteiger partial charge in [-0.1, -0.05) is 18.2 Å². The van der Waals surface area contributed by atoms with Crippen molar-refractivity contribution in [1.29, 1.82) is 0 Å². The summed E-state index contributed by atoms with van der Waals surface area (Å²) in [5, 5.41) is 3.07. The summed E-state index contributed by atoms with van der Waals surface area (Å²) in [6.07, 6.45) is 6.40. The maximum atomic E-state index is 12.3. The molecule has 0 bridgehead atoms. The summed E-state index contributed by atoms with van der Waals surface area (Å²) >= 11 is 0. The smallest absolute Gasteiger partial charge is 0.257 e. The molecule has 0 aliphatic rings. The second-order valence-corrected chi connectivity index (χ2v) is 4.98. The van der Waals surface area contributed by atoms with Gasteiger partial charge in [-0.2, -0.15) is 0 Å². The molecule has 3 aromatic rings. The van der Waals surface area contributed by atoms with Crippen molar-refractivity contribution in [3.8, 4) is 0 Å². The average Bonchev–Trinajstić information content (AvgIpc) is 3.09. The maximum Gasteiger partial charge on any atom is 0.257 e. The van der Waals surface area contributed by atoms with E-state index in [2.05, 4.69) is 25.3 Å². The number of hydrogen-bond acceptors (Lipinski definition) is 5. The van der Waals surface area contributed by atoms with Crippen molar-refractivity contribution in [3.05, 3.63) is 66.5 Å². The fourth-order valence-electron chi connectivity index (χ4n) is 2.05. The Bertz CT molecular complexity index is 755. The Balaban J connectivity index is 1.65. The molecule has 0 atom stereocenters. The van der Waals surface area contributed by atoms with E-state index >= 15 is 0 Å². The SMILES string of the molecule is CN(Cc1ncc[nH]1)C(=O)c1cnc(Nc2ccccc2)nc1. The van der Waals surface area contributed by atoms with Gasteiger partial charge in [0, 0.05) is 37.5 Å². The van der Waals surface area contributed by atoms with Gasteiger partial charge in [0.05, 0.1) is 12.1 Å². The number of aromatic nitrogens is 4. The molecule has 3 rings (SSSR count). The normalized spacial score (nSPS) is 10.3. The molecule has 2 heterocycles. The van der Waals surface area contributed by atoms with Gasteiger partial charge in [-0.15, -0.1) is 0 Å². The Labute approximate surface area is 133 Å². The predicted molar refractivity (Wildman–Crippen MR) is 86.1 cm³/mol. The van der Waals surface area contributed by atoms with Crippen LogP contribution in [0, 0.1) is 0 Å². The Morgan fingerprint density at radius 1 is 1.17 bits per heavy atom. The highest BCUT2D eigenvalue weighted by molar-refractivity contribution is 5.93. The number of carbonyl (C=O) groups excluding carboxylic acids is 1. The number of amides is 1. The maximum absolute atomic E-state index is 12.3. The van der Waals surface area contributed by atoms with Crippen LogP contribution in [0.2, 0.25) is 0 Å². The van der Waals surface area contributed by atoms with Crippen molar-refractivity contribution in [2.75, 3.05) is 12.4 Å². The second-order valence-electron chi connectivity index (χ2n) is 4.98. The van der Waals surface area contributed by atoms with Crippen LogP contribution in [-0.2, 0) is 6.54 Å². The summed E-state index contributed by atoms with van der Waals surface area (Å²) in [6, 6.07) is 9.61. The van der Waals surface area contributed by atoms with E-state index in [1.165, 1.54) is 12.4 Å². The number of aromatic amines is 1. The largest absolute Gasteiger partial charge is 0.347 e. The van der Waals surface area contributed by atoms with Crippen LogP contribution < -0.4 is 5.32 Å². The van der Waals surface area contributed by atoms with E-state index < -0.39 is 0 Å². The topological polar surface area (TPSA) is 86.8 Å². The number of nitrogens with zero attached hydrogens (tertiary/aromatic N) is 4. The van der Waals surface area contributed by atoms with Gasteiger partial charge < -0.3 is 15.2 Å². The predicted octanol–water partition coefficient (Wildman–Crippen LogP) is 2.22. The number of imidazole rings is 1. The lowest BCUT2D eigenvalue weighted by Gasteiger charge is -2.15. The minimum atomic E-state index is -0.160. The summed E-state index contributed by atoms with van der Waals surface area (Å²) in [4.78, 5) is 29.3. The van der Waals surface area contributed by atoms with Crippen LogP contribution in [0.25, 0.3) is 0 Å². The zero-order valence-electron chi connectivity index (χ0n) is 12.6. The van der Waals surface area contributed by atoms with Gasteiger partial charge in [0.2, 0.25) is 5.95 Å². The van der Waals surface area contributed by atoms with E-state index in [0.717, 1.165) is 11.5 Å². The summed E-state index contributed by atoms with van der Waals surface area (Å²) < 4.78 is 0. The lowest BCUT2D eigenvalue weighted by Crippen LogP contribution is -2.27. The van der Waals surface area contributed by atoms with Gasteiger partial charge in [0.25, 0.3) is 5.91 Å². The van der Waals surface area contributed by atoms with Crippen LogP contribution in [0.15, 0.2) is 55.1 Å². The van der Waals surface area contributed by atoms with Crippen molar-refractivity contribution < 1.29 is 4.79 Å². The van der Waals surface area contributed by atoms with Crippen LogP contribution in [-0.4, -0.2) is 37.8 Å². The Morgan fingerprint density at radius 2 is 1.91 bits per heavy atom. The molecule has 1 aromatic carbocycles. The van der Waals surface area contributed by atoms with E-state index in [4.69, 9.17) is 0 Å². The van der Waals surface area contributed by atoms with E-state index in [0.29, 0.717) is 18.1 Å². The summed E-state index contributed by atoms with van der Waals surface area (Å²) in [5.41, 5.74) is 1.32. The van der Waals surface area contributed by atoms with Crippen LogP contribution in [0.3, 0.4) is 0 Å². The lowest BCUT2D eigenvalue weighted by molar-refractivity contribution is 0.0781. The number of nitrogens with one attached hydrogen (secondary N) is 2. The molecule has 2 aromatic heterocycles. The van der Waals surface area contributed by atoms with Crippen LogP contribution in [0.5, 0.6) is 0 Å². The molecule has 7 nitrogen and oxygen atoms in total. The number of H-pyrrole nitrogens is 1. The first-order valence-corrected chi connectivity index (χ1v) is 7.10. The van der Waals surface area contributed by atoms with E-state index in [-0.39, 0.29) is 5.91 Å². The Hall–Kier alpha value is -3.22. The van der Waals surface area contributed by atoms with Crippen molar-refractivity contribution in [2.24, 2.45) is 0 Å². The molecule has 0 spiro atoms. The molecular weight excluding hydrogens is 292 g/mol. The van der Waals surface area contributed by atoms with Gasteiger partial charge in [-0.05, 0) is 12.1 Å². The van der Waals surface area contributed by atoms with Gasteiger partial charge in [0.1, 0.15) is 5.82 Å². The lowest BCUT2D eigenvalue weighted by atomic mass is 10.3. The zero-order chi connectivity index (χ0) is 16.1. The van der Waals surface area contributed by atoms with Gasteiger partial charge in [-0.25, -0.2) is 15.0 Å². The summed E-state index contributed by atoms with van der Waals surface area (Å²) in [5.74, 6) is 1.01. The number of para-hydroxylation sites is 1. The number of carbonyl (C=O) groups is 1. The highest BCUT2D eigenvalue weighted by Gasteiger charge is 2.14. The van der Waals surface area contributed by atoms with Crippen LogP contribution in [0.4, 0.5) is 11.6 Å². The zero-order valence-corrected chi connectivity index (χ0v) is 12.6. The summed E-state index contributed by atoms with van der Waals surface area (Å²) in [7, 11) is 1.71. The molecular formula is C16H16N6O. The van der Waals surface area contributed by atoms with Gasteiger partial charge in [0.15, 0.2) is 0 Å². The fourth-order valence-corrected chi connectivity index (χ4v) is 2.05.